The van der Waals surface area contributed by atoms with Gasteiger partial charge in [0.15, 0.2) is 0 Å². The van der Waals surface area contributed by atoms with Crippen molar-refractivity contribution in [1.29, 1.82) is 0 Å². The van der Waals surface area contributed by atoms with E-state index in [0.29, 0.717) is 0 Å². The highest BCUT2D eigenvalue weighted by atomic mass is 79.9. The highest BCUT2D eigenvalue weighted by Crippen LogP contribution is 2.25. The van der Waals surface area contributed by atoms with Crippen LogP contribution in [0.2, 0.25) is 0 Å². The molecule has 0 atom stereocenters. The van der Waals surface area contributed by atoms with Crippen LogP contribution in [0.3, 0.4) is 0 Å². The number of rotatable bonds is 3. The summed E-state index contributed by atoms with van der Waals surface area (Å²) in [6, 6.07) is 7.24. The molecule has 1 N–H and O–H groups in total. The van der Waals surface area contributed by atoms with Crippen LogP contribution in [-0.2, 0) is 13.6 Å². The largest absolute Gasteiger partial charge is 0.350 e. The first-order chi connectivity index (χ1) is 8.74. The third kappa shape index (κ3) is 2.34. The first-order valence-corrected chi connectivity index (χ1v) is 7.50. The van der Waals surface area contributed by atoms with Crippen LogP contribution in [-0.4, -0.2) is 10.6 Å². The molecule has 1 aromatic carbocycles. The monoisotopic (exact) mass is 306 g/mol. The molecule has 1 saturated carbocycles. The average Bonchev–Trinajstić information content (AvgIpc) is 2.95. The molecule has 0 saturated heterocycles. The molecule has 1 fully saturated rings. The Bertz CT molecular complexity index is 553. The van der Waals surface area contributed by atoms with Crippen molar-refractivity contribution in [1.82, 2.24) is 9.88 Å². The molecule has 3 heteroatoms. The fourth-order valence-electron chi connectivity index (χ4n) is 2.97. The van der Waals surface area contributed by atoms with Gasteiger partial charge in [-0.05, 0) is 36.6 Å². The van der Waals surface area contributed by atoms with Crippen molar-refractivity contribution in [3.05, 3.63) is 34.4 Å². The number of aromatic nitrogens is 1. The van der Waals surface area contributed by atoms with E-state index in [9.17, 15) is 0 Å². The van der Waals surface area contributed by atoms with Gasteiger partial charge in [-0.15, -0.1) is 0 Å². The maximum atomic E-state index is 3.69. The van der Waals surface area contributed by atoms with Crippen LogP contribution in [0.5, 0.6) is 0 Å². The minimum atomic E-state index is 0.729. The highest BCUT2D eigenvalue weighted by Gasteiger charge is 2.15. The zero-order valence-corrected chi connectivity index (χ0v) is 12.3. The van der Waals surface area contributed by atoms with Crippen molar-refractivity contribution in [2.24, 2.45) is 7.05 Å². The van der Waals surface area contributed by atoms with Gasteiger partial charge < -0.3 is 9.88 Å². The van der Waals surface area contributed by atoms with Crippen LogP contribution in [0.25, 0.3) is 10.9 Å². The van der Waals surface area contributed by atoms with Crippen molar-refractivity contribution in [2.75, 3.05) is 0 Å². The van der Waals surface area contributed by atoms with Gasteiger partial charge in [0.2, 0.25) is 0 Å². The van der Waals surface area contributed by atoms with Gasteiger partial charge in [-0.2, -0.15) is 0 Å². The molecule has 0 unspecified atom stereocenters. The quantitative estimate of drug-likeness (QED) is 0.908. The molecule has 2 nitrogen and oxygen atoms in total. The summed E-state index contributed by atoms with van der Waals surface area (Å²) in [7, 11) is 2.12. The Morgan fingerprint density at radius 1 is 1.33 bits per heavy atom. The Morgan fingerprint density at radius 2 is 2.11 bits per heavy atom. The first kappa shape index (κ1) is 12.2. The molecule has 1 aliphatic carbocycles. The third-order valence-electron chi connectivity index (χ3n) is 3.97. The van der Waals surface area contributed by atoms with Crippen LogP contribution in [0, 0.1) is 0 Å². The molecule has 96 valence electrons. The molecule has 0 bridgehead atoms. The maximum absolute atomic E-state index is 3.69. The van der Waals surface area contributed by atoms with Gasteiger partial charge in [0.25, 0.3) is 0 Å². The average molecular weight is 307 g/mol. The molecule has 3 rings (SSSR count). The number of aryl methyl sites for hydroxylation is 1. The summed E-state index contributed by atoms with van der Waals surface area (Å²) in [6.07, 6.45) is 7.71. The zero-order valence-electron chi connectivity index (χ0n) is 10.7. The van der Waals surface area contributed by atoms with Crippen molar-refractivity contribution in [3.63, 3.8) is 0 Å². The minimum absolute atomic E-state index is 0.729. The normalized spacial score (nSPS) is 16.8. The van der Waals surface area contributed by atoms with Gasteiger partial charge in [-0.1, -0.05) is 28.8 Å². The summed E-state index contributed by atoms with van der Waals surface area (Å²) in [6.45, 7) is 0.985. The fourth-order valence-corrected chi connectivity index (χ4v) is 3.33. The van der Waals surface area contributed by atoms with Crippen LogP contribution in [0.4, 0.5) is 0 Å². The third-order valence-corrected chi connectivity index (χ3v) is 4.46. The summed E-state index contributed by atoms with van der Waals surface area (Å²) in [5.41, 5.74) is 2.71. The van der Waals surface area contributed by atoms with E-state index < -0.39 is 0 Å². The second-order valence-corrected chi connectivity index (χ2v) is 6.20. The van der Waals surface area contributed by atoms with Gasteiger partial charge >= 0.3 is 0 Å². The van der Waals surface area contributed by atoms with Gasteiger partial charge in [-0.25, -0.2) is 0 Å². The Hall–Kier alpha value is -0.800. The van der Waals surface area contributed by atoms with Crippen molar-refractivity contribution >= 4 is 26.8 Å². The summed E-state index contributed by atoms with van der Waals surface area (Å²) >= 11 is 3.56. The fraction of sp³-hybridized carbons (Fsp3) is 0.467. The molecule has 1 aromatic heterocycles. The van der Waals surface area contributed by atoms with Gasteiger partial charge in [-0.3, -0.25) is 0 Å². The molecular formula is C15H19BrN2. The first-order valence-electron chi connectivity index (χ1n) is 6.71. The van der Waals surface area contributed by atoms with Gasteiger partial charge in [0, 0.05) is 41.2 Å². The lowest BCUT2D eigenvalue weighted by atomic mass is 10.1. The van der Waals surface area contributed by atoms with E-state index in [4.69, 9.17) is 0 Å². The number of halogens is 1. The lowest BCUT2D eigenvalue weighted by Crippen LogP contribution is -2.25. The van der Waals surface area contributed by atoms with Gasteiger partial charge in [0.05, 0.1) is 0 Å². The second-order valence-electron chi connectivity index (χ2n) is 5.29. The standard InChI is InChI=1S/C15H19BrN2/c1-18-10-11(9-17-13-4-2-3-5-13)14-8-12(16)6-7-15(14)18/h6-8,10,13,17H,2-5,9H2,1H3. The lowest BCUT2D eigenvalue weighted by molar-refractivity contribution is 0.525. The van der Waals surface area contributed by atoms with E-state index >= 15 is 0 Å². The Morgan fingerprint density at radius 3 is 2.89 bits per heavy atom. The second kappa shape index (κ2) is 5.06. The van der Waals surface area contributed by atoms with E-state index in [1.807, 2.05) is 0 Å². The number of nitrogens with zero attached hydrogens (tertiary/aromatic N) is 1. The van der Waals surface area contributed by atoms with Crippen LogP contribution in [0.1, 0.15) is 31.2 Å². The number of benzene rings is 1. The summed E-state index contributed by atoms with van der Waals surface area (Å²) < 4.78 is 3.37. The lowest BCUT2D eigenvalue weighted by Gasteiger charge is -2.10. The summed E-state index contributed by atoms with van der Waals surface area (Å²) in [5, 5.41) is 5.05. The van der Waals surface area contributed by atoms with Crippen LogP contribution < -0.4 is 5.32 Å². The Balaban J connectivity index is 1.84. The van der Waals surface area contributed by atoms with E-state index in [2.05, 4.69) is 57.3 Å². The van der Waals surface area contributed by atoms with Crippen LogP contribution in [0.15, 0.2) is 28.9 Å². The van der Waals surface area contributed by atoms with E-state index in [0.717, 1.165) is 17.1 Å². The molecular weight excluding hydrogens is 288 g/mol. The summed E-state index contributed by atoms with van der Waals surface area (Å²) in [4.78, 5) is 0. The number of nitrogens with one attached hydrogen (secondary N) is 1. The van der Waals surface area contributed by atoms with E-state index in [-0.39, 0.29) is 0 Å². The van der Waals surface area contributed by atoms with Crippen LogP contribution >= 0.6 is 15.9 Å². The van der Waals surface area contributed by atoms with Crippen molar-refractivity contribution < 1.29 is 0 Å². The van der Waals surface area contributed by atoms with Gasteiger partial charge in [0.1, 0.15) is 0 Å². The van der Waals surface area contributed by atoms with E-state index in [1.165, 1.54) is 42.1 Å². The Kier molecular flexibility index (Phi) is 3.44. The maximum Gasteiger partial charge on any atom is 0.0481 e. The smallest absolute Gasteiger partial charge is 0.0481 e. The molecule has 2 aromatic rings. The Labute approximate surface area is 116 Å². The SMILES string of the molecule is Cn1cc(CNC2CCCC2)c2cc(Br)ccc21. The van der Waals surface area contributed by atoms with E-state index in [1.54, 1.807) is 0 Å². The summed E-state index contributed by atoms with van der Waals surface area (Å²) in [5.74, 6) is 0. The number of hydrogen-bond acceptors (Lipinski definition) is 1. The molecule has 1 heterocycles. The number of hydrogen-bond donors (Lipinski definition) is 1. The van der Waals surface area contributed by atoms with Crippen molar-refractivity contribution in [2.45, 2.75) is 38.3 Å². The van der Waals surface area contributed by atoms with Crippen molar-refractivity contribution in [3.8, 4) is 0 Å². The highest BCUT2D eigenvalue weighted by molar-refractivity contribution is 9.10. The number of fused-ring (bicyclic) bond motifs is 1. The molecule has 18 heavy (non-hydrogen) atoms. The predicted octanol–water partition coefficient (Wildman–Crippen LogP) is 3.97. The molecule has 0 amide bonds. The molecule has 0 spiro atoms. The minimum Gasteiger partial charge on any atom is -0.350 e. The molecule has 0 radical (unpaired) electrons. The predicted molar refractivity (Wildman–Crippen MR) is 79.7 cm³/mol. The topological polar surface area (TPSA) is 17.0 Å². The zero-order chi connectivity index (χ0) is 12.5. The molecule has 1 aliphatic rings. The molecule has 0 aliphatic heterocycles.